The number of hydrogen-bond donors (Lipinski definition) is 0. The maximum absolute atomic E-state index is 3.41. The van der Waals surface area contributed by atoms with Crippen molar-refractivity contribution < 1.29 is 9.13 Å². The molecule has 2 rings (SSSR count). The minimum absolute atomic E-state index is 0.830. The molecule has 2 aromatic rings. The maximum Gasteiger partial charge on any atom is 0.202 e. The summed E-state index contributed by atoms with van der Waals surface area (Å²) in [5.74, 6) is 0. The number of aryl methyl sites for hydroxylation is 1. The molecule has 0 aromatic carbocycles. The summed E-state index contributed by atoms with van der Waals surface area (Å²) < 4.78 is 4.11. The van der Waals surface area contributed by atoms with E-state index in [0.717, 1.165) is 5.45 Å². The number of alkyl halides is 1. The molecule has 0 atom stereocenters. The van der Waals surface area contributed by atoms with Gasteiger partial charge in [-0.05, 0) is 27.1 Å². The van der Waals surface area contributed by atoms with Crippen molar-refractivity contribution in [1.82, 2.24) is 0 Å². The maximum atomic E-state index is 3.41. The van der Waals surface area contributed by atoms with Crippen molar-refractivity contribution in [3.8, 4) is 11.1 Å². The molecule has 0 radical (unpaired) electrons. The summed E-state index contributed by atoms with van der Waals surface area (Å²) in [6.07, 6.45) is 8.25. The molecule has 0 unspecified atom stereocenters. The fourth-order valence-electron chi connectivity index (χ4n) is 1.42. The van der Waals surface area contributed by atoms with E-state index in [-0.39, 0.29) is 0 Å². The third-order valence-corrected chi connectivity index (χ3v) is 2.92. The number of aromatic nitrogens is 2. The van der Waals surface area contributed by atoms with Crippen molar-refractivity contribution >= 4 is 15.9 Å². The van der Waals surface area contributed by atoms with E-state index in [9.17, 15) is 0 Å². The zero-order chi connectivity index (χ0) is 10.7. The number of hydrogen-bond acceptors (Lipinski definition) is 0. The molecule has 2 aromatic heterocycles. The van der Waals surface area contributed by atoms with E-state index in [1.165, 1.54) is 11.1 Å². The average Bonchev–Trinajstić information content (AvgIpc) is 2.30. The summed E-state index contributed by atoms with van der Waals surface area (Å²) in [5, 5.41) is 0. The number of pyridine rings is 2. The van der Waals surface area contributed by atoms with Gasteiger partial charge in [-0.25, -0.2) is 4.57 Å². The lowest BCUT2D eigenvalue weighted by Gasteiger charge is -1.98. The van der Waals surface area contributed by atoms with E-state index >= 15 is 0 Å². The Kier molecular flexibility index (Phi) is 3.11. The molecule has 0 amide bonds. The Bertz CT molecular complexity index is 434. The zero-order valence-corrected chi connectivity index (χ0v) is 10.2. The van der Waals surface area contributed by atoms with E-state index in [1.54, 1.807) is 0 Å². The molecular weight excluding hydrogens is 252 g/mol. The SMILES string of the molecule is C[n+]1ccc(-c2cc[n+](CBr)cc2)cc1. The second-order valence-corrected chi connectivity index (χ2v) is 3.97. The number of halogens is 1. The van der Waals surface area contributed by atoms with Crippen molar-refractivity contribution in [3.63, 3.8) is 0 Å². The minimum Gasteiger partial charge on any atom is -0.208 e. The Morgan fingerprint density at radius 1 is 0.933 bits per heavy atom. The van der Waals surface area contributed by atoms with Crippen molar-refractivity contribution in [2.75, 3.05) is 0 Å². The minimum atomic E-state index is 0.830. The summed E-state index contributed by atoms with van der Waals surface area (Å²) >= 11 is 3.41. The fraction of sp³-hybridized carbons (Fsp3) is 0.167. The van der Waals surface area contributed by atoms with Gasteiger partial charge < -0.3 is 0 Å². The van der Waals surface area contributed by atoms with Gasteiger partial charge in [0.2, 0.25) is 5.45 Å². The summed E-state index contributed by atoms with van der Waals surface area (Å²) in [5.41, 5.74) is 3.32. The third-order valence-electron chi connectivity index (χ3n) is 2.34. The highest BCUT2D eigenvalue weighted by Gasteiger charge is 2.02. The van der Waals surface area contributed by atoms with Gasteiger partial charge in [-0.2, -0.15) is 4.57 Å². The molecule has 0 saturated heterocycles. The van der Waals surface area contributed by atoms with Crippen LogP contribution in [0.15, 0.2) is 49.1 Å². The molecule has 76 valence electrons. The van der Waals surface area contributed by atoms with E-state index in [2.05, 4.69) is 69.5 Å². The topological polar surface area (TPSA) is 7.76 Å². The Morgan fingerprint density at radius 2 is 1.40 bits per heavy atom. The van der Waals surface area contributed by atoms with Crippen LogP contribution in [-0.2, 0) is 12.5 Å². The van der Waals surface area contributed by atoms with Crippen LogP contribution in [0.3, 0.4) is 0 Å². The van der Waals surface area contributed by atoms with Gasteiger partial charge in [0, 0.05) is 24.3 Å². The van der Waals surface area contributed by atoms with Crippen LogP contribution in [-0.4, -0.2) is 0 Å². The zero-order valence-electron chi connectivity index (χ0n) is 8.60. The van der Waals surface area contributed by atoms with Crippen molar-refractivity contribution in [2.45, 2.75) is 5.45 Å². The van der Waals surface area contributed by atoms with Gasteiger partial charge in [0.05, 0.1) is 0 Å². The lowest BCUT2D eigenvalue weighted by Crippen LogP contribution is -2.29. The molecular formula is C12H13BrN2+2. The van der Waals surface area contributed by atoms with Crippen LogP contribution in [0.1, 0.15) is 0 Å². The molecule has 0 fully saturated rings. The van der Waals surface area contributed by atoms with Gasteiger partial charge in [-0.1, -0.05) is 0 Å². The van der Waals surface area contributed by atoms with E-state index in [4.69, 9.17) is 0 Å². The molecule has 0 N–H and O–H groups in total. The second kappa shape index (κ2) is 4.53. The smallest absolute Gasteiger partial charge is 0.202 e. The molecule has 0 saturated carbocycles. The molecule has 3 heteroatoms. The summed E-state index contributed by atoms with van der Waals surface area (Å²) in [6, 6.07) is 8.48. The first-order chi connectivity index (χ1) is 7.29. The Morgan fingerprint density at radius 3 is 1.87 bits per heavy atom. The van der Waals surface area contributed by atoms with Crippen molar-refractivity contribution in [1.29, 1.82) is 0 Å². The van der Waals surface area contributed by atoms with Crippen LogP contribution in [0, 0.1) is 0 Å². The molecule has 2 heterocycles. The second-order valence-electron chi connectivity index (χ2n) is 3.47. The van der Waals surface area contributed by atoms with Gasteiger partial charge >= 0.3 is 0 Å². The quantitative estimate of drug-likeness (QED) is 0.578. The highest BCUT2D eigenvalue weighted by atomic mass is 79.9. The van der Waals surface area contributed by atoms with E-state index in [1.807, 2.05) is 11.6 Å². The van der Waals surface area contributed by atoms with Crippen LogP contribution in [0.2, 0.25) is 0 Å². The van der Waals surface area contributed by atoms with Crippen LogP contribution >= 0.6 is 15.9 Å². The first-order valence-electron chi connectivity index (χ1n) is 4.80. The van der Waals surface area contributed by atoms with E-state index in [0.29, 0.717) is 0 Å². The Labute approximate surface area is 97.9 Å². The predicted molar refractivity (Wildman–Crippen MR) is 62.2 cm³/mol. The van der Waals surface area contributed by atoms with Crippen LogP contribution in [0.4, 0.5) is 0 Å². The summed E-state index contributed by atoms with van der Waals surface area (Å²) in [4.78, 5) is 0. The molecule has 15 heavy (non-hydrogen) atoms. The molecule has 0 aliphatic carbocycles. The number of rotatable bonds is 2. The molecule has 0 aliphatic rings. The van der Waals surface area contributed by atoms with Gasteiger partial charge in [0.25, 0.3) is 0 Å². The highest BCUT2D eigenvalue weighted by molar-refractivity contribution is 9.08. The standard InChI is InChI=1S/C12H13BrN2/c1-14-6-2-11(3-7-14)12-4-8-15(10-13)9-5-12/h2-9H,10H2,1H3/q+2. The van der Waals surface area contributed by atoms with Gasteiger partial charge in [-0.15, -0.1) is 0 Å². The van der Waals surface area contributed by atoms with Gasteiger partial charge in [-0.3, -0.25) is 0 Å². The average molecular weight is 265 g/mol. The highest BCUT2D eigenvalue weighted by Crippen LogP contribution is 2.15. The molecule has 0 aliphatic heterocycles. The first kappa shape index (κ1) is 10.3. The van der Waals surface area contributed by atoms with Gasteiger partial charge in [0.15, 0.2) is 24.8 Å². The first-order valence-corrected chi connectivity index (χ1v) is 5.92. The van der Waals surface area contributed by atoms with Crippen LogP contribution in [0.5, 0.6) is 0 Å². The molecule has 0 bridgehead atoms. The van der Waals surface area contributed by atoms with Crippen molar-refractivity contribution in [3.05, 3.63) is 49.1 Å². The van der Waals surface area contributed by atoms with Crippen LogP contribution in [0.25, 0.3) is 11.1 Å². The van der Waals surface area contributed by atoms with Crippen LogP contribution < -0.4 is 9.13 Å². The monoisotopic (exact) mass is 264 g/mol. The molecule has 0 spiro atoms. The predicted octanol–water partition coefficient (Wildman–Crippen LogP) is 1.82. The number of nitrogens with zero attached hydrogens (tertiary/aromatic N) is 2. The Hall–Kier alpha value is -1.22. The summed E-state index contributed by atoms with van der Waals surface area (Å²) in [6.45, 7) is 0. The molecule has 2 nitrogen and oxygen atoms in total. The lowest BCUT2D eigenvalue weighted by molar-refractivity contribution is -0.673. The normalized spacial score (nSPS) is 10.3. The van der Waals surface area contributed by atoms with Gasteiger partial charge in [0.1, 0.15) is 7.05 Å². The Balaban J connectivity index is 2.33. The van der Waals surface area contributed by atoms with Crippen molar-refractivity contribution in [2.24, 2.45) is 7.05 Å². The third kappa shape index (κ3) is 2.42. The summed E-state index contributed by atoms with van der Waals surface area (Å²) in [7, 11) is 2.02. The fourth-order valence-corrected chi connectivity index (χ4v) is 1.76. The lowest BCUT2D eigenvalue weighted by atomic mass is 10.1. The van der Waals surface area contributed by atoms with E-state index < -0.39 is 0 Å². The largest absolute Gasteiger partial charge is 0.208 e.